The number of piperidine rings is 1. The van der Waals surface area contributed by atoms with Crippen LogP contribution in [0.5, 0.6) is 0 Å². The van der Waals surface area contributed by atoms with Crippen molar-refractivity contribution < 1.29 is 14.3 Å². The highest BCUT2D eigenvalue weighted by molar-refractivity contribution is 6.74. The molecule has 1 aliphatic rings. The molecular formula is C12H24N4O3Si. The Kier molecular flexibility index (Phi) is 5.07. The van der Waals surface area contributed by atoms with Crippen LogP contribution in [0.15, 0.2) is 5.11 Å². The van der Waals surface area contributed by atoms with Gasteiger partial charge in [-0.15, -0.1) is 0 Å². The Morgan fingerprint density at radius 3 is 2.50 bits per heavy atom. The second-order valence-electron chi connectivity index (χ2n) is 6.78. The van der Waals surface area contributed by atoms with E-state index >= 15 is 0 Å². The van der Waals surface area contributed by atoms with Crippen molar-refractivity contribution in [1.82, 2.24) is 9.81 Å². The fourth-order valence-electron chi connectivity index (χ4n) is 2.02. The summed E-state index contributed by atoms with van der Waals surface area (Å²) in [6, 6.07) is -0.325. The predicted molar refractivity (Wildman–Crippen MR) is 74.7 cm³/mol. The van der Waals surface area contributed by atoms with Gasteiger partial charge in [0.2, 0.25) is 4.91 Å². The summed E-state index contributed by atoms with van der Waals surface area (Å²) in [6.07, 6.45) is -0.838. The van der Waals surface area contributed by atoms with Crippen LogP contribution in [0, 0.1) is 5.53 Å². The summed E-state index contributed by atoms with van der Waals surface area (Å²) in [4.78, 5) is 15.3. The molecule has 7 nitrogen and oxygen atoms in total. The fourth-order valence-corrected chi connectivity index (χ4v) is 3.38. The van der Waals surface area contributed by atoms with Crippen molar-refractivity contribution in [3.63, 3.8) is 0 Å². The van der Waals surface area contributed by atoms with Gasteiger partial charge in [-0.1, -0.05) is 20.8 Å². The average Bonchev–Trinajstić information content (AvgIpc) is 2.26. The molecule has 0 radical (unpaired) electrons. The summed E-state index contributed by atoms with van der Waals surface area (Å²) >= 11 is 0. The second kappa shape index (κ2) is 6.03. The zero-order chi connectivity index (χ0) is 15.6. The minimum absolute atomic E-state index is 0.0587. The molecule has 0 spiro atoms. The Labute approximate surface area is 120 Å². The normalized spacial score (nSPS) is 24.1. The van der Waals surface area contributed by atoms with Gasteiger partial charge in [0.1, 0.15) is 16.7 Å². The number of carboxylic acid groups (broad SMARTS) is 1. The Bertz CT molecular complexity index is 405. The van der Waals surface area contributed by atoms with Gasteiger partial charge >= 0.3 is 0 Å². The largest absolute Gasteiger partial charge is 0.530 e. The van der Waals surface area contributed by atoms with E-state index in [1.165, 1.54) is 4.90 Å². The lowest BCUT2D eigenvalue weighted by atomic mass is 10.0. The molecule has 1 aliphatic heterocycles. The number of nitrogens with zero attached hydrogens (tertiary/aromatic N) is 3. The standard InChI is InChI=1S/C12H24N4O3Si/c1-12(2,3)20(4,5)19-10-6-9(14-15-13)7-16(8-10)11(17)18/h9-10,13H,6-8H2,1-5H3. The highest BCUT2D eigenvalue weighted by Crippen LogP contribution is 2.38. The van der Waals surface area contributed by atoms with Crippen molar-refractivity contribution in [2.75, 3.05) is 13.1 Å². The first-order valence-electron chi connectivity index (χ1n) is 6.77. The topological polar surface area (TPSA) is 103 Å². The molecule has 0 aliphatic carbocycles. The molecule has 0 aromatic rings. The zero-order valence-electron chi connectivity index (χ0n) is 12.8. The SMILES string of the molecule is CC(C)(C)[Si](C)(C)OC1CC(N=[N+]=N)CN(C(=O)[O-])C1. The third-order valence-corrected chi connectivity index (χ3v) is 8.67. The number of likely N-dealkylation sites (tertiary alicyclic amines) is 1. The molecule has 1 fully saturated rings. The number of hydrogen-bond donors (Lipinski definition) is 1. The number of amides is 1. The molecule has 0 bridgehead atoms. The van der Waals surface area contributed by atoms with Crippen LogP contribution in [0.4, 0.5) is 4.79 Å². The van der Waals surface area contributed by atoms with Gasteiger partial charge in [0, 0.05) is 19.5 Å². The van der Waals surface area contributed by atoms with Crippen LogP contribution >= 0.6 is 0 Å². The van der Waals surface area contributed by atoms with E-state index in [1.54, 1.807) is 0 Å². The van der Waals surface area contributed by atoms with E-state index in [1.807, 2.05) is 0 Å². The van der Waals surface area contributed by atoms with Crippen LogP contribution in [0.3, 0.4) is 0 Å². The molecule has 1 amide bonds. The molecule has 0 saturated carbocycles. The van der Waals surface area contributed by atoms with Gasteiger partial charge in [-0.25, -0.2) is 0 Å². The first-order valence-corrected chi connectivity index (χ1v) is 9.68. The highest BCUT2D eigenvalue weighted by atomic mass is 28.4. The Balaban J connectivity index is 2.83. The van der Waals surface area contributed by atoms with Crippen molar-refractivity contribution >= 4 is 14.4 Å². The van der Waals surface area contributed by atoms with E-state index in [-0.39, 0.29) is 23.7 Å². The van der Waals surface area contributed by atoms with Crippen LogP contribution in [0.1, 0.15) is 27.2 Å². The fraction of sp³-hybridized carbons (Fsp3) is 0.917. The lowest BCUT2D eigenvalue weighted by Crippen LogP contribution is -2.56. The monoisotopic (exact) mass is 300 g/mol. The number of carbonyl (C=O) groups is 1. The van der Waals surface area contributed by atoms with Gasteiger partial charge < -0.3 is 19.2 Å². The van der Waals surface area contributed by atoms with Crippen LogP contribution in [0.25, 0.3) is 0 Å². The van der Waals surface area contributed by atoms with E-state index in [4.69, 9.17) is 9.96 Å². The molecule has 1 heterocycles. The smallest absolute Gasteiger partial charge is 0.214 e. The summed E-state index contributed by atoms with van der Waals surface area (Å²) in [5.74, 6) is 0. The molecule has 114 valence electrons. The molecular weight excluding hydrogens is 276 g/mol. The Hall–Kier alpha value is -1.24. The van der Waals surface area contributed by atoms with Crippen molar-refractivity contribution in [3.05, 3.63) is 0 Å². The third-order valence-electron chi connectivity index (χ3n) is 4.14. The number of carbonyl (C=O) groups excluding carboxylic acids is 1. The first-order chi connectivity index (χ1) is 9.06. The van der Waals surface area contributed by atoms with Gasteiger partial charge in [0.25, 0.3) is 0 Å². The molecule has 20 heavy (non-hydrogen) atoms. The van der Waals surface area contributed by atoms with Gasteiger partial charge in [-0.3, -0.25) is 0 Å². The molecule has 2 atom stereocenters. The number of nitrogens with one attached hydrogen (secondary N) is 1. The van der Waals surface area contributed by atoms with Crippen LogP contribution < -0.4 is 10.0 Å². The van der Waals surface area contributed by atoms with E-state index in [0.717, 1.165) is 0 Å². The van der Waals surface area contributed by atoms with Crippen LogP contribution in [0.2, 0.25) is 18.1 Å². The highest BCUT2D eigenvalue weighted by Gasteiger charge is 2.41. The number of hydrogen-bond acceptors (Lipinski definition) is 5. The van der Waals surface area contributed by atoms with E-state index in [2.05, 4.69) is 43.9 Å². The summed E-state index contributed by atoms with van der Waals surface area (Å²) < 4.78 is 6.24. The molecule has 1 rings (SSSR count). The Morgan fingerprint density at radius 1 is 1.45 bits per heavy atom. The van der Waals surface area contributed by atoms with Crippen molar-refractivity contribution in [1.29, 1.82) is 5.53 Å². The lowest BCUT2D eigenvalue weighted by Gasteiger charge is -2.43. The zero-order valence-corrected chi connectivity index (χ0v) is 13.8. The maximum atomic E-state index is 11.1. The van der Waals surface area contributed by atoms with E-state index < -0.39 is 14.4 Å². The summed E-state index contributed by atoms with van der Waals surface area (Å²) in [6.45, 7) is 11.2. The molecule has 0 aromatic heterocycles. The van der Waals surface area contributed by atoms with Gasteiger partial charge in [-0.2, -0.15) is 0 Å². The average molecular weight is 300 g/mol. The van der Waals surface area contributed by atoms with E-state index in [9.17, 15) is 9.90 Å². The summed E-state index contributed by atoms with van der Waals surface area (Å²) in [5.41, 5.74) is 6.80. The molecule has 1 N–H and O–H groups in total. The predicted octanol–water partition coefficient (Wildman–Crippen LogP) is 1.34. The van der Waals surface area contributed by atoms with Crippen LogP contribution in [-0.4, -0.2) is 44.5 Å². The van der Waals surface area contributed by atoms with Crippen LogP contribution in [-0.2, 0) is 4.43 Å². The maximum Gasteiger partial charge on any atom is 0.214 e. The first kappa shape index (κ1) is 16.8. The number of rotatable bonds is 3. The van der Waals surface area contributed by atoms with Crippen molar-refractivity contribution in [3.8, 4) is 0 Å². The van der Waals surface area contributed by atoms with Gasteiger partial charge in [0.05, 0.1) is 6.10 Å². The summed E-state index contributed by atoms with van der Waals surface area (Å²) in [7, 11) is -1.97. The van der Waals surface area contributed by atoms with E-state index in [0.29, 0.717) is 13.0 Å². The van der Waals surface area contributed by atoms with Gasteiger partial charge in [-0.05, 0) is 18.1 Å². The van der Waals surface area contributed by atoms with Gasteiger partial charge in [0.15, 0.2) is 14.4 Å². The minimum Gasteiger partial charge on any atom is -0.530 e. The quantitative estimate of drug-likeness (QED) is 0.483. The van der Waals surface area contributed by atoms with Crippen molar-refractivity contribution in [2.45, 2.75) is 57.5 Å². The molecule has 8 heteroatoms. The van der Waals surface area contributed by atoms with Crippen molar-refractivity contribution in [2.24, 2.45) is 5.11 Å². The molecule has 1 saturated heterocycles. The minimum atomic E-state index is -1.97. The second-order valence-corrected chi connectivity index (χ2v) is 11.5. The maximum absolute atomic E-state index is 11.1. The molecule has 2 unspecified atom stereocenters. The lowest BCUT2D eigenvalue weighted by molar-refractivity contribution is -0.267. The third kappa shape index (κ3) is 4.13. The molecule has 0 aromatic carbocycles. The summed E-state index contributed by atoms with van der Waals surface area (Å²) in [5, 5.41) is 14.9. The Morgan fingerprint density at radius 2 is 2.05 bits per heavy atom.